The maximum Gasteiger partial charge on any atom is 0.0837 e. The highest BCUT2D eigenvalue weighted by molar-refractivity contribution is 7.87. The van der Waals surface area contributed by atoms with Crippen LogP contribution in [0.1, 0.15) is 83.1 Å². The van der Waals surface area contributed by atoms with Crippen molar-refractivity contribution in [1.29, 1.82) is 0 Å². The summed E-state index contributed by atoms with van der Waals surface area (Å²) < 4.78 is 0. The number of rotatable bonds is 8. The molecule has 0 atom stereocenters. The van der Waals surface area contributed by atoms with E-state index in [0.29, 0.717) is 0 Å². The van der Waals surface area contributed by atoms with Crippen LogP contribution in [0.5, 0.6) is 0 Å². The third-order valence-corrected chi connectivity index (χ3v) is 17.2. The smallest absolute Gasteiger partial charge is 0.0837 e. The van der Waals surface area contributed by atoms with Crippen LogP contribution in [-0.2, 0) is 0 Å². The van der Waals surface area contributed by atoms with E-state index in [0.717, 1.165) is 11.4 Å². The second-order valence-electron chi connectivity index (χ2n) is 19.4. The average molecular weight is 833 g/mol. The third-order valence-electron chi connectivity index (χ3n) is 10.2. The van der Waals surface area contributed by atoms with Crippen molar-refractivity contribution in [2.24, 2.45) is 41.6 Å². The van der Waals surface area contributed by atoms with Crippen molar-refractivity contribution < 1.29 is 0 Å². The van der Waals surface area contributed by atoms with Crippen LogP contribution in [0, 0.1) is 21.7 Å². The molecule has 0 heterocycles. The summed E-state index contributed by atoms with van der Waals surface area (Å²) in [7, 11) is -4.62. The first-order chi connectivity index (χ1) is 28.3. The Labute approximate surface area is 362 Å². The molecule has 0 unspecified atom stereocenters. The molecule has 6 aromatic rings. The molecule has 6 aromatic carbocycles. The summed E-state index contributed by atoms with van der Waals surface area (Å²) in [5.41, 5.74) is 1.95. The maximum absolute atomic E-state index is 5.30. The summed E-state index contributed by atoms with van der Waals surface area (Å²) in [6, 6.07) is 63.9. The second kappa shape index (κ2) is 19.2. The Hall–Kier alpha value is -4.88. The zero-order valence-corrected chi connectivity index (χ0v) is 39.8. The van der Waals surface area contributed by atoms with Gasteiger partial charge in [-0.3, -0.25) is 0 Å². The molecular weight excluding hydrogens is 767 g/mol. The summed E-state index contributed by atoms with van der Waals surface area (Å²) in [4.78, 5) is 10.6. The van der Waals surface area contributed by atoms with Crippen LogP contribution in [-0.4, -0.2) is 11.4 Å². The van der Waals surface area contributed by atoms with Gasteiger partial charge in [-0.25, -0.2) is 0 Å². The zero-order valence-electron chi connectivity index (χ0n) is 38.0. The predicted molar refractivity (Wildman–Crippen MR) is 268 cm³/mol. The van der Waals surface area contributed by atoms with Crippen molar-refractivity contribution in [1.82, 2.24) is 0 Å². The average Bonchev–Trinajstić information content (AvgIpc) is 3.21. The van der Waals surface area contributed by atoms with E-state index in [1.54, 1.807) is 0 Å². The van der Waals surface area contributed by atoms with Crippen LogP contribution in [0.4, 0.5) is 0 Å². The molecule has 0 aliphatic carbocycles. The van der Waals surface area contributed by atoms with Gasteiger partial charge in [-0.05, 0) is 0 Å². The van der Waals surface area contributed by atoms with Gasteiger partial charge in [0.25, 0.3) is 0 Å². The molecule has 312 valence electrons. The quantitative estimate of drug-likeness (QED) is 0.0833. The van der Waals surface area contributed by atoms with Crippen molar-refractivity contribution >= 4 is 57.4 Å². The first-order valence-electron chi connectivity index (χ1n) is 21.1. The Kier molecular flexibility index (Phi) is 14.8. The second-order valence-corrected chi connectivity index (χ2v) is 25.4. The van der Waals surface area contributed by atoms with Gasteiger partial charge in [0, 0.05) is 53.5 Å². The highest BCUT2D eigenvalue weighted by Gasteiger charge is 2.34. The van der Waals surface area contributed by atoms with Gasteiger partial charge in [0.15, 0.2) is 0 Å². The number of hydrogen-bond acceptors (Lipinski definition) is 2. The molecule has 6 rings (SSSR count). The molecule has 0 amide bonds. The number of benzene rings is 6. The van der Waals surface area contributed by atoms with Crippen LogP contribution < -0.4 is 31.8 Å². The molecule has 0 N–H and O–H groups in total. The van der Waals surface area contributed by atoms with E-state index in [-0.39, 0.29) is 21.7 Å². The Bertz CT molecular complexity index is 2020. The fourth-order valence-electron chi connectivity index (χ4n) is 8.14. The molecule has 0 saturated carbocycles. The Morgan fingerprint density at radius 1 is 0.267 bits per heavy atom. The fraction of sp³-hybridized carbons (Fsp3) is 0.296. The summed E-state index contributed by atoms with van der Waals surface area (Å²) in [5, 5.41) is 17.4. The molecule has 0 fully saturated rings. The van der Waals surface area contributed by atoms with Crippen LogP contribution in [0.25, 0.3) is 0 Å². The lowest BCUT2D eigenvalue weighted by molar-refractivity contribution is 0.476. The Morgan fingerprint density at radius 2 is 0.417 bits per heavy atom. The topological polar surface area (TPSA) is 49.4 Å². The molecule has 0 aromatic heterocycles. The monoisotopic (exact) mass is 832 g/mol. The van der Waals surface area contributed by atoms with E-state index in [9.17, 15) is 0 Å². The normalized spacial score (nSPS) is 12.3. The van der Waals surface area contributed by atoms with E-state index in [1.807, 2.05) is 0 Å². The minimum atomic E-state index is -2.31. The molecule has 4 nitrogen and oxygen atoms in total. The van der Waals surface area contributed by atoms with Gasteiger partial charge in [-0.1, -0.05) is 265 Å². The maximum atomic E-state index is 5.30. The van der Waals surface area contributed by atoms with E-state index in [2.05, 4.69) is 265 Å². The zero-order chi connectivity index (χ0) is 43.7. The first-order valence-corrected chi connectivity index (χ1v) is 24.5. The predicted octanol–water partition coefficient (Wildman–Crippen LogP) is 13.2. The molecule has 0 saturated heterocycles. The van der Waals surface area contributed by atoms with Gasteiger partial charge in [-0.15, -0.1) is 0 Å². The van der Waals surface area contributed by atoms with E-state index >= 15 is 0 Å². The summed E-state index contributed by atoms with van der Waals surface area (Å²) in [6.07, 6.45) is 0. The first kappa shape index (κ1) is 46.2. The SMILES string of the molecule is CC(C)(C)C(=NN=P(c1ccccc1)(c1ccccc1)c1ccccc1)C(C)(C)C.CC(C)(C)C(=NN=P(c1ccccc1)(c1ccccc1)c1ccccc1)C(C)(C)C. The standard InChI is InChI=1S/2C27H33N2P/c2*1-26(2,3)25(27(4,5)6)28-29-30(22-16-10-7-11-17-22,23-18-12-8-13-19-23)24-20-14-9-15-21-24/h2*7-21H,1-6H3. The fourth-order valence-corrected chi connectivity index (χ4v) is 14.6. The van der Waals surface area contributed by atoms with Gasteiger partial charge >= 0.3 is 0 Å². The lowest BCUT2D eigenvalue weighted by Gasteiger charge is -2.32. The van der Waals surface area contributed by atoms with Crippen LogP contribution >= 0.6 is 14.1 Å². The molecule has 60 heavy (non-hydrogen) atoms. The summed E-state index contributed by atoms with van der Waals surface area (Å²) in [6.45, 7) is 26.7. The van der Waals surface area contributed by atoms with Crippen LogP contribution in [0.2, 0.25) is 0 Å². The highest BCUT2D eigenvalue weighted by atomic mass is 31.2. The minimum absolute atomic E-state index is 0.0680. The minimum Gasteiger partial charge on any atom is -0.160 e. The molecular formula is C54H66N4P2. The number of nitrogens with zero attached hydrogens (tertiary/aromatic N) is 4. The van der Waals surface area contributed by atoms with Crippen LogP contribution in [0.15, 0.2) is 202 Å². The molecule has 0 spiro atoms. The summed E-state index contributed by atoms with van der Waals surface area (Å²) >= 11 is 0. The van der Waals surface area contributed by atoms with Gasteiger partial charge in [0.05, 0.1) is 25.5 Å². The van der Waals surface area contributed by atoms with E-state index in [1.165, 1.54) is 31.8 Å². The lowest BCUT2D eigenvalue weighted by atomic mass is 9.75. The third kappa shape index (κ3) is 10.9. The number of hydrogen-bond donors (Lipinski definition) is 0. The molecule has 0 bridgehead atoms. The largest absolute Gasteiger partial charge is 0.160 e. The molecule has 0 aliphatic heterocycles. The van der Waals surface area contributed by atoms with Crippen molar-refractivity contribution in [3.8, 4) is 0 Å². The van der Waals surface area contributed by atoms with Gasteiger partial charge in [-0.2, -0.15) is 19.9 Å². The van der Waals surface area contributed by atoms with E-state index < -0.39 is 14.1 Å². The van der Waals surface area contributed by atoms with Gasteiger partial charge in [0.2, 0.25) is 0 Å². The van der Waals surface area contributed by atoms with Crippen molar-refractivity contribution in [2.45, 2.75) is 83.1 Å². The molecule has 6 heteroatoms. The van der Waals surface area contributed by atoms with Gasteiger partial charge in [0.1, 0.15) is 0 Å². The lowest BCUT2D eigenvalue weighted by Crippen LogP contribution is -2.33. The summed E-state index contributed by atoms with van der Waals surface area (Å²) in [5.74, 6) is 0. The molecule has 0 aliphatic rings. The van der Waals surface area contributed by atoms with E-state index in [4.69, 9.17) is 19.9 Å². The molecule has 0 radical (unpaired) electrons. The van der Waals surface area contributed by atoms with Crippen molar-refractivity contribution in [2.75, 3.05) is 0 Å². The van der Waals surface area contributed by atoms with Crippen molar-refractivity contribution in [3.05, 3.63) is 182 Å². The Balaban J connectivity index is 0.000000228. The van der Waals surface area contributed by atoms with Crippen LogP contribution in [0.3, 0.4) is 0 Å². The van der Waals surface area contributed by atoms with Gasteiger partial charge < -0.3 is 0 Å². The highest BCUT2D eigenvalue weighted by Crippen LogP contribution is 2.48. The van der Waals surface area contributed by atoms with Crippen molar-refractivity contribution in [3.63, 3.8) is 0 Å². The Morgan fingerprint density at radius 3 is 0.550 bits per heavy atom.